The van der Waals surface area contributed by atoms with E-state index in [1.807, 2.05) is 0 Å². The largest absolute Gasteiger partial charge is 0.495 e. The highest BCUT2D eigenvalue weighted by Crippen LogP contribution is 2.33. The molecule has 0 saturated carbocycles. The summed E-state index contributed by atoms with van der Waals surface area (Å²) < 4.78 is 31.8. The van der Waals surface area contributed by atoms with Gasteiger partial charge in [0.1, 0.15) is 10.6 Å². The maximum Gasteiger partial charge on any atom is 0.303 e. The molecule has 0 aliphatic carbocycles. The fourth-order valence-corrected chi connectivity index (χ4v) is 3.24. The summed E-state index contributed by atoms with van der Waals surface area (Å²) in [5.74, 6) is -1.37. The molecule has 1 aromatic rings. The van der Waals surface area contributed by atoms with Crippen LogP contribution in [0.5, 0.6) is 5.75 Å². The first-order chi connectivity index (χ1) is 10.7. The number of hydrogen-bond acceptors (Lipinski definition) is 5. The minimum Gasteiger partial charge on any atom is -0.495 e. The number of halogens is 1. The molecule has 0 radical (unpaired) electrons. The first-order valence-corrected chi connectivity index (χ1v) is 8.40. The number of hydrogen-bond donors (Lipinski definition) is 3. The summed E-state index contributed by atoms with van der Waals surface area (Å²) in [5, 5.41) is 11.0. The Morgan fingerprint density at radius 2 is 2.00 bits per heavy atom. The third-order valence-electron chi connectivity index (χ3n) is 2.71. The number of amides is 1. The van der Waals surface area contributed by atoms with E-state index in [1.54, 1.807) is 0 Å². The van der Waals surface area contributed by atoms with Crippen LogP contribution in [0.25, 0.3) is 0 Å². The number of carbonyl (C=O) groups excluding carboxylic acids is 1. The van der Waals surface area contributed by atoms with Gasteiger partial charge < -0.3 is 15.2 Å². The molecule has 1 aromatic carbocycles. The molecule has 0 unspecified atom stereocenters. The highest BCUT2D eigenvalue weighted by atomic mass is 35.5. The first kappa shape index (κ1) is 19.2. The van der Waals surface area contributed by atoms with Crippen molar-refractivity contribution in [1.29, 1.82) is 0 Å². The molecular weight excluding hydrogens is 348 g/mol. The van der Waals surface area contributed by atoms with Crippen LogP contribution in [0.1, 0.15) is 19.8 Å². The molecule has 0 aromatic heterocycles. The van der Waals surface area contributed by atoms with Crippen LogP contribution >= 0.6 is 11.6 Å². The molecular formula is C13H17ClN2O6S. The molecule has 10 heteroatoms. The molecule has 0 aliphatic heterocycles. The van der Waals surface area contributed by atoms with Crippen LogP contribution in [0, 0.1) is 0 Å². The van der Waals surface area contributed by atoms with Crippen molar-refractivity contribution in [3.63, 3.8) is 0 Å². The Kier molecular flexibility index (Phi) is 6.79. The zero-order chi connectivity index (χ0) is 17.6. The molecule has 0 atom stereocenters. The summed E-state index contributed by atoms with van der Waals surface area (Å²) in [7, 11) is -2.65. The fraction of sp³-hybridized carbons (Fsp3) is 0.385. The van der Waals surface area contributed by atoms with Crippen LogP contribution in [0.4, 0.5) is 5.69 Å². The van der Waals surface area contributed by atoms with E-state index in [-0.39, 0.29) is 46.6 Å². The lowest BCUT2D eigenvalue weighted by molar-refractivity contribution is -0.137. The van der Waals surface area contributed by atoms with Gasteiger partial charge in [0.05, 0.1) is 17.8 Å². The third-order valence-corrected chi connectivity index (χ3v) is 4.51. The lowest BCUT2D eigenvalue weighted by atomic mass is 10.3. The summed E-state index contributed by atoms with van der Waals surface area (Å²) in [6, 6.07) is 2.46. The maximum absolute atomic E-state index is 12.3. The Bertz CT molecular complexity index is 705. The van der Waals surface area contributed by atoms with Gasteiger partial charge in [-0.25, -0.2) is 13.1 Å². The summed E-state index contributed by atoms with van der Waals surface area (Å²) in [6.45, 7) is 1.25. The summed E-state index contributed by atoms with van der Waals surface area (Å²) in [6.07, 6.45) is -0.00350. The van der Waals surface area contributed by atoms with Gasteiger partial charge in [0.25, 0.3) is 0 Å². The summed E-state index contributed by atoms with van der Waals surface area (Å²) >= 11 is 5.97. The van der Waals surface area contributed by atoms with Gasteiger partial charge in [0.2, 0.25) is 15.9 Å². The van der Waals surface area contributed by atoms with E-state index >= 15 is 0 Å². The quantitative estimate of drug-likeness (QED) is 0.600. The molecule has 8 nitrogen and oxygen atoms in total. The van der Waals surface area contributed by atoms with Crippen LogP contribution in [0.15, 0.2) is 17.0 Å². The fourth-order valence-electron chi connectivity index (χ4n) is 1.71. The summed E-state index contributed by atoms with van der Waals surface area (Å²) in [4.78, 5) is 21.3. The van der Waals surface area contributed by atoms with Crippen LogP contribution in [0.2, 0.25) is 5.02 Å². The third kappa shape index (κ3) is 5.70. The van der Waals surface area contributed by atoms with Crippen molar-refractivity contribution in [2.45, 2.75) is 24.7 Å². The van der Waals surface area contributed by atoms with Crippen molar-refractivity contribution in [3.8, 4) is 5.75 Å². The molecule has 0 spiro atoms. The number of ether oxygens (including phenoxy) is 1. The number of anilines is 1. The van der Waals surface area contributed by atoms with E-state index in [1.165, 1.54) is 20.1 Å². The van der Waals surface area contributed by atoms with Crippen LogP contribution < -0.4 is 14.8 Å². The standard InChI is InChI=1S/C13H17ClN2O6S/c1-8(17)16-10-7-11(22-2)12(6-9(10)14)23(20,21)15-5-3-4-13(18)19/h6-7,15H,3-5H2,1-2H3,(H,16,17)(H,18,19). The number of carboxylic acids is 1. The highest BCUT2D eigenvalue weighted by Gasteiger charge is 2.22. The maximum atomic E-state index is 12.3. The van der Waals surface area contributed by atoms with Gasteiger partial charge in [0.15, 0.2) is 0 Å². The van der Waals surface area contributed by atoms with E-state index in [0.29, 0.717) is 0 Å². The average molecular weight is 365 g/mol. The minimum atomic E-state index is -3.93. The zero-order valence-electron chi connectivity index (χ0n) is 12.6. The molecule has 0 heterocycles. The van der Waals surface area contributed by atoms with E-state index in [9.17, 15) is 18.0 Å². The van der Waals surface area contributed by atoms with Gasteiger partial charge in [0, 0.05) is 26.0 Å². The highest BCUT2D eigenvalue weighted by molar-refractivity contribution is 7.89. The van der Waals surface area contributed by atoms with Gasteiger partial charge in [-0.05, 0) is 12.5 Å². The predicted molar refractivity (Wildman–Crippen MR) is 84.4 cm³/mol. The van der Waals surface area contributed by atoms with E-state index < -0.39 is 16.0 Å². The molecule has 1 amide bonds. The van der Waals surface area contributed by atoms with Crippen molar-refractivity contribution < 1.29 is 27.9 Å². The van der Waals surface area contributed by atoms with Gasteiger partial charge >= 0.3 is 5.97 Å². The number of nitrogens with one attached hydrogen (secondary N) is 2. The number of methoxy groups -OCH3 is 1. The van der Waals surface area contributed by atoms with Crippen molar-refractivity contribution in [1.82, 2.24) is 4.72 Å². The second kappa shape index (κ2) is 8.14. The number of rotatable bonds is 8. The van der Waals surface area contributed by atoms with E-state index in [0.717, 1.165) is 6.07 Å². The van der Waals surface area contributed by atoms with Gasteiger partial charge in [-0.1, -0.05) is 11.6 Å². The summed E-state index contributed by atoms with van der Waals surface area (Å²) in [5.41, 5.74) is 0.223. The molecule has 0 bridgehead atoms. The van der Waals surface area contributed by atoms with Crippen molar-refractivity contribution in [2.24, 2.45) is 0 Å². The Hall–Kier alpha value is -1.84. The second-order valence-electron chi connectivity index (χ2n) is 4.56. The number of carbonyl (C=O) groups is 2. The molecule has 3 N–H and O–H groups in total. The molecule has 0 saturated heterocycles. The number of benzene rings is 1. The molecule has 0 fully saturated rings. The van der Waals surface area contributed by atoms with Crippen LogP contribution in [-0.2, 0) is 19.6 Å². The Morgan fingerprint density at radius 3 is 2.52 bits per heavy atom. The van der Waals surface area contributed by atoms with Gasteiger partial charge in [-0.2, -0.15) is 0 Å². The topological polar surface area (TPSA) is 122 Å². The number of aliphatic carboxylic acids is 1. The zero-order valence-corrected chi connectivity index (χ0v) is 14.1. The van der Waals surface area contributed by atoms with Crippen molar-refractivity contribution >= 4 is 39.2 Å². The van der Waals surface area contributed by atoms with Gasteiger partial charge in [-0.3, -0.25) is 9.59 Å². The van der Waals surface area contributed by atoms with Crippen LogP contribution in [-0.4, -0.2) is 39.1 Å². The second-order valence-corrected chi connectivity index (χ2v) is 6.70. The normalized spacial score (nSPS) is 11.1. The average Bonchev–Trinajstić information content (AvgIpc) is 2.44. The first-order valence-electron chi connectivity index (χ1n) is 6.54. The molecule has 128 valence electrons. The molecule has 23 heavy (non-hydrogen) atoms. The smallest absolute Gasteiger partial charge is 0.303 e. The Morgan fingerprint density at radius 1 is 1.35 bits per heavy atom. The van der Waals surface area contributed by atoms with Gasteiger partial charge in [-0.15, -0.1) is 0 Å². The Balaban J connectivity index is 3.03. The lowest BCUT2D eigenvalue weighted by Crippen LogP contribution is -2.25. The SMILES string of the molecule is COc1cc(NC(C)=O)c(Cl)cc1S(=O)(=O)NCCCC(=O)O. The molecule has 0 aliphatic rings. The number of sulfonamides is 1. The Labute approximate surface area is 138 Å². The van der Waals surface area contributed by atoms with E-state index in [4.69, 9.17) is 21.4 Å². The van der Waals surface area contributed by atoms with E-state index in [2.05, 4.69) is 10.0 Å². The predicted octanol–water partition coefficient (Wildman–Crippen LogP) is 1.45. The van der Waals surface area contributed by atoms with Crippen molar-refractivity contribution in [3.05, 3.63) is 17.2 Å². The van der Waals surface area contributed by atoms with Crippen molar-refractivity contribution in [2.75, 3.05) is 19.0 Å². The van der Waals surface area contributed by atoms with Crippen LogP contribution in [0.3, 0.4) is 0 Å². The lowest BCUT2D eigenvalue weighted by Gasteiger charge is -2.14. The number of carboxylic acid groups (broad SMARTS) is 1. The minimum absolute atomic E-state index is 0.00360. The monoisotopic (exact) mass is 364 g/mol. The molecule has 1 rings (SSSR count).